The third-order valence-corrected chi connectivity index (χ3v) is 6.69. The topological polar surface area (TPSA) is 75.7 Å². The summed E-state index contributed by atoms with van der Waals surface area (Å²) in [5.41, 5.74) is 0.423. The molecule has 9 heteroatoms. The van der Waals surface area contributed by atoms with Crippen LogP contribution in [0, 0.1) is 0 Å². The number of nitrogens with one attached hydrogen (secondary N) is 1. The summed E-state index contributed by atoms with van der Waals surface area (Å²) in [5, 5.41) is 0.572. The van der Waals surface area contributed by atoms with Crippen molar-refractivity contribution in [1.29, 1.82) is 0 Å². The summed E-state index contributed by atoms with van der Waals surface area (Å²) in [6.07, 6.45) is 4.04. The van der Waals surface area contributed by atoms with Gasteiger partial charge in [0.2, 0.25) is 0 Å². The SMILES string of the molecule is COc1ccc(S(=O)(=O)Nc2ccc(Cl)cc2Cl)cc1C(=O)N1CCCCCC1. The molecule has 2 aromatic rings. The average molecular weight is 457 g/mol. The maximum Gasteiger partial charge on any atom is 0.261 e. The quantitative estimate of drug-likeness (QED) is 0.699. The monoisotopic (exact) mass is 456 g/mol. The highest BCUT2D eigenvalue weighted by Gasteiger charge is 2.24. The predicted octanol–water partition coefficient (Wildman–Crippen LogP) is 4.82. The molecule has 1 fully saturated rings. The number of sulfonamides is 1. The molecule has 0 spiro atoms. The minimum Gasteiger partial charge on any atom is -0.496 e. The molecule has 1 aliphatic rings. The van der Waals surface area contributed by atoms with Crippen LogP contribution >= 0.6 is 23.2 Å². The summed E-state index contributed by atoms with van der Waals surface area (Å²) in [7, 11) is -2.52. The van der Waals surface area contributed by atoms with Crippen LogP contribution in [-0.2, 0) is 10.0 Å². The molecule has 2 aromatic carbocycles. The maximum absolute atomic E-state index is 13.1. The first-order chi connectivity index (χ1) is 13.8. The zero-order chi connectivity index (χ0) is 21.0. The molecule has 0 bridgehead atoms. The Kier molecular flexibility index (Phi) is 6.93. The molecule has 0 aliphatic carbocycles. The number of ether oxygens (including phenoxy) is 1. The van der Waals surface area contributed by atoms with E-state index >= 15 is 0 Å². The molecule has 29 heavy (non-hydrogen) atoms. The summed E-state index contributed by atoms with van der Waals surface area (Å²) in [4.78, 5) is 14.8. The normalized spacial score (nSPS) is 14.9. The number of anilines is 1. The first kappa shape index (κ1) is 21.7. The van der Waals surface area contributed by atoms with E-state index in [0.717, 1.165) is 25.7 Å². The van der Waals surface area contributed by atoms with Gasteiger partial charge in [-0.15, -0.1) is 0 Å². The number of rotatable bonds is 5. The molecule has 1 N–H and O–H groups in total. The molecule has 1 aliphatic heterocycles. The summed E-state index contributed by atoms with van der Waals surface area (Å²) in [6.45, 7) is 1.30. The highest BCUT2D eigenvalue weighted by atomic mass is 35.5. The predicted molar refractivity (Wildman–Crippen MR) is 115 cm³/mol. The Bertz CT molecular complexity index is 1000. The van der Waals surface area contributed by atoms with Crippen LogP contribution in [0.5, 0.6) is 5.75 Å². The van der Waals surface area contributed by atoms with Gasteiger partial charge >= 0.3 is 0 Å². The zero-order valence-electron chi connectivity index (χ0n) is 16.0. The van der Waals surface area contributed by atoms with E-state index in [1.54, 1.807) is 4.90 Å². The highest BCUT2D eigenvalue weighted by Crippen LogP contribution is 2.30. The Morgan fingerprint density at radius 2 is 1.72 bits per heavy atom. The van der Waals surface area contributed by atoms with Gasteiger partial charge in [0.25, 0.3) is 15.9 Å². The Balaban J connectivity index is 1.93. The van der Waals surface area contributed by atoms with Crippen molar-refractivity contribution in [2.75, 3.05) is 24.9 Å². The van der Waals surface area contributed by atoms with Crippen molar-refractivity contribution in [2.24, 2.45) is 0 Å². The lowest BCUT2D eigenvalue weighted by Crippen LogP contribution is -2.32. The molecule has 0 saturated carbocycles. The molecule has 0 radical (unpaired) electrons. The molecular weight excluding hydrogens is 435 g/mol. The second kappa shape index (κ2) is 9.24. The van der Waals surface area contributed by atoms with Crippen molar-refractivity contribution in [1.82, 2.24) is 4.90 Å². The summed E-state index contributed by atoms with van der Waals surface area (Å²) in [6, 6.07) is 8.69. The molecule has 0 aromatic heterocycles. The van der Waals surface area contributed by atoms with E-state index in [1.807, 2.05) is 0 Å². The number of amides is 1. The van der Waals surface area contributed by atoms with E-state index in [-0.39, 0.29) is 27.1 Å². The molecule has 156 valence electrons. The van der Waals surface area contributed by atoms with Gasteiger partial charge in [-0.05, 0) is 49.2 Å². The summed E-state index contributed by atoms with van der Waals surface area (Å²) < 4.78 is 33.5. The molecule has 3 rings (SSSR count). The van der Waals surface area contributed by atoms with Crippen LogP contribution in [0.3, 0.4) is 0 Å². The van der Waals surface area contributed by atoms with Gasteiger partial charge in [0.1, 0.15) is 5.75 Å². The van der Waals surface area contributed by atoms with Gasteiger partial charge in [0.05, 0.1) is 28.3 Å². The smallest absolute Gasteiger partial charge is 0.261 e. The number of carbonyl (C=O) groups is 1. The molecule has 1 saturated heterocycles. The minimum atomic E-state index is -3.97. The number of nitrogens with zero attached hydrogens (tertiary/aromatic N) is 1. The fourth-order valence-corrected chi connectivity index (χ4v) is 4.86. The second-order valence-electron chi connectivity index (χ2n) is 6.80. The Morgan fingerprint density at radius 3 is 2.34 bits per heavy atom. The molecule has 1 heterocycles. The van der Waals surface area contributed by atoms with Crippen LogP contribution < -0.4 is 9.46 Å². The van der Waals surface area contributed by atoms with Crippen LogP contribution in [0.1, 0.15) is 36.0 Å². The van der Waals surface area contributed by atoms with E-state index in [4.69, 9.17) is 27.9 Å². The number of hydrogen-bond donors (Lipinski definition) is 1. The van der Waals surface area contributed by atoms with Crippen LogP contribution in [0.15, 0.2) is 41.3 Å². The van der Waals surface area contributed by atoms with E-state index in [1.165, 1.54) is 43.5 Å². The molecule has 6 nitrogen and oxygen atoms in total. The van der Waals surface area contributed by atoms with Crippen LogP contribution in [-0.4, -0.2) is 39.4 Å². The number of hydrogen-bond acceptors (Lipinski definition) is 4. The molecular formula is C20H22Cl2N2O4S. The van der Waals surface area contributed by atoms with Crippen molar-refractivity contribution in [3.05, 3.63) is 52.0 Å². The molecule has 0 atom stereocenters. The lowest BCUT2D eigenvalue weighted by molar-refractivity contribution is 0.0758. The number of methoxy groups -OCH3 is 1. The van der Waals surface area contributed by atoms with Crippen molar-refractivity contribution >= 4 is 44.8 Å². The van der Waals surface area contributed by atoms with Gasteiger partial charge in [0, 0.05) is 18.1 Å². The lowest BCUT2D eigenvalue weighted by Gasteiger charge is -2.22. The molecule has 1 amide bonds. The number of benzene rings is 2. The van der Waals surface area contributed by atoms with Gasteiger partial charge in [-0.1, -0.05) is 36.0 Å². The van der Waals surface area contributed by atoms with E-state index in [2.05, 4.69) is 4.72 Å². The van der Waals surface area contributed by atoms with Crippen molar-refractivity contribution in [2.45, 2.75) is 30.6 Å². The van der Waals surface area contributed by atoms with Gasteiger partial charge in [0.15, 0.2) is 0 Å². The van der Waals surface area contributed by atoms with E-state index < -0.39 is 10.0 Å². The standard InChI is InChI=1S/C20H22Cl2N2O4S/c1-28-19-9-7-15(13-16(19)20(25)24-10-4-2-3-5-11-24)29(26,27)23-18-8-6-14(21)12-17(18)22/h6-9,12-13,23H,2-5,10-11H2,1H3. The van der Waals surface area contributed by atoms with Crippen molar-refractivity contribution in [3.8, 4) is 5.75 Å². The highest BCUT2D eigenvalue weighted by molar-refractivity contribution is 7.92. The Labute approximate surface area is 180 Å². The fraction of sp³-hybridized carbons (Fsp3) is 0.350. The first-order valence-electron chi connectivity index (χ1n) is 9.27. The summed E-state index contributed by atoms with van der Waals surface area (Å²) in [5.74, 6) is 0.105. The van der Waals surface area contributed by atoms with Crippen molar-refractivity contribution in [3.63, 3.8) is 0 Å². The number of carbonyl (C=O) groups excluding carboxylic acids is 1. The first-order valence-corrected chi connectivity index (χ1v) is 11.5. The number of likely N-dealkylation sites (tertiary alicyclic amines) is 1. The van der Waals surface area contributed by atoms with Crippen LogP contribution in [0.4, 0.5) is 5.69 Å². The third kappa shape index (κ3) is 5.15. The second-order valence-corrected chi connectivity index (χ2v) is 9.32. The largest absolute Gasteiger partial charge is 0.496 e. The Hall–Kier alpha value is -1.96. The fourth-order valence-electron chi connectivity index (χ4n) is 3.24. The third-order valence-electron chi connectivity index (χ3n) is 4.78. The van der Waals surface area contributed by atoms with E-state index in [0.29, 0.717) is 23.9 Å². The lowest BCUT2D eigenvalue weighted by atomic mass is 10.1. The van der Waals surface area contributed by atoms with Gasteiger partial charge in [-0.25, -0.2) is 8.42 Å². The van der Waals surface area contributed by atoms with Crippen molar-refractivity contribution < 1.29 is 17.9 Å². The van der Waals surface area contributed by atoms with Crippen LogP contribution in [0.2, 0.25) is 10.0 Å². The van der Waals surface area contributed by atoms with Gasteiger partial charge < -0.3 is 9.64 Å². The van der Waals surface area contributed by atoms with Crippen LogP contribution in [0.25, 0.3) is 0 Å². The molecule has 0 unspecified atom stereocenters. The summed E-state index contributed by atoms with van der Waals surface area (Å²) >= 11 is 11.9. The van der Waals surface area contributed by atoms with Gasteiger partial charge in [-0.2, -0.15) is 0 Å². The van der Waals surface area contributed by atoms with E-state index in [9.17, 15) is 13.2 Å². The van der Waals surface area contributed by atoms with Gasteiger partial charge in [-0.3, -0.25) is 9.52 Å². The zero-order valence-corrected chi connectivity index (χ0v) is 18.3. The maximum atomic E-state index is 13.1. The Morgan fingerprint density at radius 1 is 1.03 bits per heavy atom. The average Bonchev–Trinajstić information content (AvgIpc) is 2.98. The number of halogens is 2. The minimum absolute atomic E-state index is 0.0533.